The lowest BCUT2D eigenvalue weighted by molar-refractivity contribution is 0.0212. The Morgan fingerprint density at radius 1 is 1.50 bits per heavy atom. The highest BCUT2D eigenvalue weighted by Gasteiger charge is 2.20. The van der Waals surface area contributed by atoms with Crippen molar-refractivity contribution in [2.45, 2.75) is 25.6 Å². The van der Waals surface area contributed by atoms with Gasteiger partial charge in [-0.3, -0.25) is 4.79 Å². The molecule has 1 rings (SSSR count). The van der Waals surface area contributed by atoms with Crippen molar-refractivity contribution in [2.24, 2.45) is 0 Å². The first-order valence-corrected chi connectivity index (χ1v) is 4.89. The molecule has 1 aromatic carbocycles. The van der Waals surface area contributed by atoms with Crippen LogP contribution in [0.1, 0.15) is 34.0 Å². The molecule has 16 heavy (non-hydrogen) atoms. The number of nitrogens with zero attached hydrogens (tertiary/aromatic N) is 1. The van der Waals surface area contributed by atoms with Gasteiger partial charge in [0.15, 0.2) is 0 Å². The topological polar surface area (TPSA) is 81.3 Å². The molecule has 2 N–H and O–H groups in total. The molecule has 0 aliphatic carbocycles. The van der Waals surface area contributed by atoms with E-state index in [4.69, 9.17) is 5.26 Å². The van der Waals surface area contributed by atoms with Crippen molar-refractivity contribution in [1.82, 2.24) is 0 Å². The standard InChI is InChI=1S/C12H13NO3/c1-8-2-3-9(7-14)10(6-8)12(16)11(15)4-5-13/h2-3,6-7,11-12,15-16H,4H2,1H3. The Labute approximate surface area is 93.8 Å². The maximum Gasteiger partial charge on any atom is 0.150 e. The first kappa shape index (κ1) is 12.4. The number of aryl methyl sites for hydroxylation is 1. The molecule has 1 aromatic rings. The van der Waals surface area contributed by atoms with Gasteiger partial charge < -0.3 is 10.2 Å². The zero-order valence-electron chi connectivity index (χ0n) is 8.92. The second-order valence-electron chi connectivity index (χ2n) is 3.62. The lowest BCUT2D eigenvalue weighted by atomic mass is 9.96. The maximum absolute atomic E-state index is 10.8. The van der Waals surface area contributed by atoms with Crippen molar-refractivity contribution in [1.29, 1.82) is 5.26 Å². The summed E-state index contributed by atoms with van der Waals surface area (Å²) in [6, 6.07) is 6.74. The molecule has 0 amide bonds. The molecule has 0 spiro atoms. The summed E-state index contributed by atoms with van der Waals surface area (Å²) in [6.45, 7) is 1.82. The largest absolute Gasteiger partial charge is 0.389 e. The van der Waals surface area contributed by atoms with Gasteiger partial charge in [-0.2, -0.15) is 5.26 Å². The number of aliphatic hydroxyl groups excluding tert-OH is 2. The maximum atomic E-state index is 10.8. The minimum absolute atomic E-state index is 0.173. The van der Waals surface area contributed by atoms with Gasteiger partial charge >= 0.3 is 0 Å². The van der Waals surface area contributed by atoms with Gasteiger partial charge in [-0.05, 0) is 12.5 Å². The Morgan fingerprint density at radius 3 is 2.75 bits per heavy atom. The van der Waals surface area contributed by atoms with Crippen LogP contribution >= 0.6 is 0 Å². The van der Waals surface area contributed by atoms with Crippen LogP contribution < -0.4 is 0 Å². The van der Waals surface area contributed by atoms with Crippen LogP contribution in [0, 0.1) is 18.3 Å². The first-order chi connectivity index (χ1) is 7.60. The minimum atomic E-state index is -1.21. The Balaban J connectivity index is 3.06. The number of aliphatic hydroxyl groups is 2. The lowest BCUT2D eigenvalue weighted by Crippen LogP contribution is -2.19. The minimum Gasteiger partial charge on any atom is -0.389 e. The number of nitriles is 1. The van der Waals surface area contributed by atoms with Gasteiger partial charge in [0.25, 0.3) is 0 Å². The van der Waals surface area contributed by atoms with E-state index in [0.29, 0.717) is 17.4 Å². The molecule has 2 unspecified atom stereocenters. The Hall–Kier alpha value is -1.70. The number of benzene rings is 1. The molecule has 0 bridgehead atoms. The molecule has 0 fully saturated rings. The van der Waals surface area contributed by atoms with E-state index in [1.165, 1.54) is 0 Å². The second-order valence-corrected chi connectivity index (χ2v) is 3.62. The summed E-state index contributed by atoms with van der Waals surface area (Å²) in [6.07, 6.45) is -1.94. The van der Waals surface area contributed by atoms with Crippen LogP contribution in [0.2, 0.25) is 0 Å². The zero-order chi connectivity index (χ0) is 12.1. The molecule has 0 saturated carbocycles. The van der Waals surface area contributed by atoms with Crippen LogP contribution in [0.4, 0.5) is 0 Å². The SMILES string of the molecule is Cc1ccc(C=O)c(C(O)C(O)CC#N)c1. The number of carbonyl (C=O) groups is 1. The fraction of sp³-hybridized carbons (Fsp3) is 0.333. The van der Waals surface area contributed by atoms with Crippen LogP contribution in [0.25, 0.3) is 0 Å². The highest BCUT2D eigenvalue weighted by Crippen LogP contribution is 2.22. The Bertz CT molecular complexity index is 423. The van der Waals surface area contributed by atoms with Gasteiger partial charge in [-0.15, -0.1) is 0 Å². The van der Waals surface area contributed by atoms with Crippen molar-refractivity contribution in [3.05, 3.63) is 34.9 Å². The van der Waals surface area contributed by atoms with Crippen molar-refractivity contribution in [2.75, 3.05) is 0 Å². The van der Waals surface area contributed by atoms with Gasteiger partial charge in [0.2, 0.25) is 0 Å². The zero-order valence-corrected chi connectivity index (χ0v) is 8.92. The fourth-order valence-corrected chi connectivity index (χ4v) is 1.47. The van der Waals surface area contributed by atoms with Crippen molar-refractivity contribution >= 4 is 6.29 Å². The molecule has 0 aliphatic heterocycles. The van der Waals surface area contributed by atoms with Crippen LogP contribution in [-0.2, 0) is 0 Å². The van der Waals surface area contributed by atoms with E-state index in [1.54, 1.807) is 24.3 Å². The predicted molar refractivity (Wildman–Crippen MR) is 57.8 cm³/mol. The third kappa shape index (κ3) is 2.66. The summed E-state index contributed by atoms with van der Waals surface area (Å²) < 4.78 is 0. The summed E-state index contributed by atoms with van der Waals surface area (Å²) >= 11 is 0. The molecular formula is C12H13NO3. The molecule has 0 saturated heterocycles. The van der Waals surface area contributed by atoms with Crippen molar-refractivity contribution in [3.8, 4) is 6.07 Å². The van der Waals surface area contributed by atoms with E-state index in [2.05, 4.69) is 0 Å². The Kier molecular flexibility index (Phi) is 4.18. The highest BCUT2D eigenvalue weighted by molar-refractivity contribution is 5.77. The fourth-order valence-electron chi connectivity index (χ4n) is 1.47. The highest BCUT2D eigenvalue weighted by atomic mass is 16.3. The van der Waals surface area contributed by atoms with Crippen LogP contribution in [0.5, 0.6) is 0 Å². The molecular weight excluding hydrogens is 206 g/mol. The summed E-state index contributed by atoms with van der Waals surface area (Å²) in [5.41, 5.74) is 1.57. The van der Waals surface area contributed by atoms with Crippen molar-refractivity contribution < 1.29 is 15.0 Å². The Morgan fingerprint density at radius 2 is 2.19 bits per heavy atom. The smallest absolute Gasteiger partial charge is 0.150 e. The lowest BCUT2D eigenvalue weighted by Gasteiger charge is -2.17. The third-order valence-corrected chi connectivity index (χ3v) is 2.35. The van der Waals surface area contributed by atoms with Crippen molar-refractivity contribution in [3.63, 3.8) is 0 Å². The van der Waals surface area contributed by atoms with Crippen LogP contribution in [0.15, 0.2) is 18.2 Å². The first-order valence-electron chi connectivity index (χ1n) is 4.89. The van der Waals surface area contributed by atoms with Gasteiger partial charge in [-0.25, -0.2) is 0 Å². The molecule has 0 radical (unpaired) electrons. The van der Waals surface area contributed by atoms with Crippen LogP contribution in [0.3, 0.4) is 0 Å². The number of hydrogen-bond donors (Lipinski definition) is 2. The van der Waals surface area contributed by atoms with Gasteiger partial charge in [-0.1, -0.05) is 23.8 Å². The van der Waals surface area contributed by atoms with E-state index in [9.17, 15) is 15.0 Å². The van der Waals surface area contributed by atoms with Gasteiger partial charge in [0, 0.05) is 5.56 Å². The third-order valence-electron chi connectivity index (χ3n) is 2.35. The van der Waals surface area contributed by atoms with Crippen LogP contribution in [-0.4, -0.2) is 22.6 Å². The summed E-state index contributed by atoms with van der Waals surface area (Å²) in [7, 11) is 0. The summed E-state index contributed by atoms with van der Waals surface area (Å²) in [4.78, 5) is 10.8. The second kappa shape index (κ2) is 5.40. The molecule has 4 heteroatoms. The molecule has 4 nitrogen and oxygen atoms in total. The number of aldehydes is 1. The average Bonchev–Trinajstić information content (AvgIpc) is 2.28. The van der Waals surface area contributed by atoms with E-state index >= 15 is 0 Å². The van der Waals surface area contributed by atoms with Gasteiger partial charge in [0.05, 0.1) is 18.6 Å². The number of carbonyl (C=O) groups excluding carboxylic acids is 1. The molecule has 0 aliphatic rings. The van der Waals surface area contributed by atoms with E-state index in [0.717, 1.165) is 5.56 Å². The monoisotopic (exact) mass is 219 g/mol. The van der Waals surface area contributed by atoms with E-state index in [1.807, 2.05) is 6.92 Å². The number of hydrogen-bond acceptors (Lipinski definition) is 4. The quantitative estimate of drug-likeness (QED) is 0.743. The average molecular weight is 219 g/mol. The summed E-state index contributed by atoms with van der Waals surface area (Å²) in [5.74, 6) is 0. The molecule has 0 heterocycles. The predicted octanol–water partition coefficient (Wildman–Crippen LogP) is 1.12. The molecule has 84 valence electrons. The van der Waals surface area contributed by atoms with E-state index in [-0.39, 0.29) is 6.42 Å². The molecule has 0 aromatic heterocycles. The number of rotatable bonds is 4. The van der Waals surface area contributed by atoms with Gasteiger partial charge in [0.1, 0.15) is 12.4 Å². The normalized spacial score (nSPS) is 13.9. The van der Waals surface area contributed by atoms with E-state index < -0.39 is 12.2 Å². The molecule has 2 atom stereocenters. The summed E-state index contributed by atoms with van der Waals surface area (Å²) in [5, 5.41) is 27.7.